The molecule has 4 N–H and O–H groups in total. The van der Waals surface area contributed by atoms with Crippen LogP contribution in [0, 0.1) is 0 Å². The summed E-state index contributed by atoms with van der Waals surface area (Å²) in [6.07, 6.45) is 1.58. The Morgan fingerprint density at radius 2 is 1.85 bits per heavy atom. The quantitative estimate of drug-likeness (QED) is 0.345. The average Bonchev–Trinajstić information content (AvgIpc) is 2.99. The van der Waals surface area contributed by atoms with E-state index in [1.807, 2.05) is 29.0 Å². The van der Waals surface area contributed by atoms with E-state index in [1.54, 1.807) is 30.3 Å². The van der Waals surface area contributed by atoms with Gasteiger partial charge >= 0.3 is 0 Å². The number of carbonyl (C=O) groups is 2. The lowest BCUT2D eigenvalue weighted by molar-refractivity contribution is -0.117. The van der Waals surface area contributed by atoms with Gasteiger partial charge in [0.25, 0.3) is 11.8 Å². The number of benzene rings is 1. The Labute approximate surface area is 120 Å². The van der Waals surface area contributed by atoms with Crippen LogP contribution in [0.15, 0.2) is 53.5 Å². The molecule has 2 aromatic rings. The summed E-state index contributed by atoms with van der Waals surface area (Å²) < 4.78 is 0. The molecule has 0 aliphatic rings. The van der Waals surface area contributed by atoms with E-state index in [2.05, 4.69) is 5.32 Å². The van der Waals surface area contributed by atoms with E-state index >= 15 is 0 Å². The summed E-state index contributed by atoms with van der Waals surface area (Å²) in [6, 6.07) is 12.3. The van der Waals surface area contributed by atoms with Crippen LogP contribution < -0.4 is 16.6 Å². The summed E-state index contributed by atoms with van der Waals surface area (Å²) in [4.78, 5) is 24.6. The van der Waals surface area contributed by atoms with Crippen LogP contribution in [0.25, 0.3) is 6.08 Å². The Morgan fingerprint density at radius 1 is 1.10 bits per heavy atom. The van der Waals surface area contributed by atoms with Gasteiger partial charge in [-0.3, -0.25) is 15.0 Å². The number of thiophene rings is 1. The van der Waals surface area contributed by atoms with Gasteiger partial charge in [-0.2, -0.15) is 0 Å². The number of hydrazine groups is 1. The van der Waals surface area contributed by atoms with Crippen molar-refractivity contribution in [3.63, 3.8) is 0 Å². The van der Waals surface area contributed by atoms with Crippen LogP contribution in [0.1, 0.15) is 15.2 Å². The van der Waals surface area contributed by atoms with Gasteiger partial charge in [0.2, 0.25) is 0 Å². The number of nitrogens with one attached hydrogen (secondary N) is 2. The molecule has 102 valence electrons. The van der Waals surface area contributed by atoms with Crippen molar-refractivity contribution in [3.8, 4) is 0 Å². The second-order valence-electron chi connectivity index (χ2n) is 3.87. The second kappa shape index (κ2) is 6.65. The Balaban J connectivity index is 2.21. The molecule has 6 heteroatoms. The second-order valence-corrected chi connectivity index (χ2v) is 4.85. The summed E-state index contributed by atoms with van der Waals surface area (Å²) >= 11 is 1.45. The molecular weight excluding hydrogens is 274 g/mol. The molecule has 1 aromatic heterocycles. The molecule has 2 rings (SSSR count). The van der Waals surface area contributed by atoms with E-state index in [0.717, 1.165) is 4.88 Å². The number of hydrogen-bond donors (Lipinski definition) is 3. The molecule has 2 amide bonds. The van der Waals surface area contributed by atoms with Gasteiger partial charge in [-0.15, -0.1) is 11.3 Å². The highest BCUT2D eigenvalue weighted by Gasteiger charge is 2.13. The molecule has 0 atom stereocenters. The van der Waals surface area contributed by atoms with Crippen molar-refractivity contribution in [3.05, 3.63) is 64.0 Å². The average molecular weight is 287 g/mol. The first-order valence-electron chi connectivity index (χ1n) is 5.83. The number of rotatable bonds is 4. The number of hydrogen-bond acceptors (Lipinski definition) is 4. The maximum Gasteiger partial charge on any atom is 0.281 e. The summed E-state index contributed by atoms with van der Waals surface area (Å²) in [5, 5.41) is 4.44. The third-order valence-electron chi connectivity index (χ3n) is 2.49. The van der Waals surface area contributed by atoms with E-state index in [0.29, 0.717) is 5.56 Å². The molecule has 0 aliphatic heterocycles. The van der Waals surface area contributed by atoms with Gasteiger partial charge in [-0.25, -0.2) is 5.84 Å². The van der Waals surface area contributed by atoms with E-state index in [9.17, 15) is 9.59 Å². The molecule has 0 saturated carbocycles. The highest BCUT2D eigenvalue weighted by molar-refractivity contribution is 7.10. The summed E-state index contributed by atoms with van der Waals surface area (Å²) in [5.41, 5.74) is 2.58. The molecule has 0 saturated heterocycles. The minimum absolute atomic E-state index is 0.101. The van der Waals surface area contributed by atoms with E-state index in [1.165, 1.54) is 11.3 Å². The predicted octanol–water partition coefficient (Wildman–Crippen LogP) is 1.51. The smallest absolute Gasteiger partial charge is 0.281 e. The molecule has 20 heavy (non-hydrogen) atoms. The van der Waals surface area contributed by atoms with E-state index < -0.39 is 5.91 Å². The first-order valence-corrected chi connectivity index (χ1v) is 6.71. The highest BCUT2D eigenvalue weighted by atomic mass is 32.1. The molecule has 0 unspecified atom stereocenters. The molecule has 0 fully saturated rings. The maximum absolute atomic E-state index is 12.0. The fourth-order valence-electron chi connectivity index (χ4n) is 1.54. The fraction of sp³-hybridized carbons (Fsp3) is 0. The zero-order valence-corrected chi connectivity index (χ0v) is 11.3. The Kier molecular flexibility index (Phi) is 4.65. The third kappa shape index (κ3) is 3.53. The van der Waals surface area contributed by atoms with Crippen molar-refractivity contribution >= 4 is 29.2 Å². The highest BCUT2D eigenvalue weighted by Crippen LogP contribution is 2.13. The minimum Gasteiger partial charge on any atom is -0.317 e. The van der Waals surface area contributed by atoms with Crippen molar-refractivity contribution in [2.75, 3.05) is 0 Å². The summed E-state index contributed by atoms with van der Waals surface area (Å²) in [7, 11) is 0. The van der Waals surface area contributed by atoms with Gasteiger partial charge in [-0.05, 0) is 29.7 Å². The van der Waals surface area contributed by atoms with Crippen LogP contribution in [0.3, 0.4) is 0 Å². The molecule has 1 heterocycles. The molecule has 1 aromatic carbocycles. The van der Waals surface area contributed by atoms with Crippen molar-refractivity contribution in [2.24, 2.45) is 5.84 Å². The lowest BCUT2D eigenvalue weighted by Gasteiger charge is -2.08. The van der Waals surface area contributed by atoms with Gasteiger partial charge in [0.05, 0.1) is 0 Å². The molecular formula is C14H13N3O2S. The largest absolute Gasteiger partial charge is 0.317 e. The Morgan fingerprint density at radius 3 is 2.45 bits per heavy atom. The number of nitrogens with two attached hydrogens (primary N) is 1. The summed E-state index contributed by atoms with van der Waals surface area (Å²) in [6.45, 7) is 0. The van der Waals surface area contributed by atoms with Gasteiger partial charge in [0.15, 0.2) is 0 Å². The SMILES string of the molecule is NNC(=O)C(=Cc1cccs1)NC(=O)c1ccccc1. The maximum atomic E-state index is 12.0. The summed E-state index contributed by atoms with van der Waals surface area (Å²) in [5.74, 6) is 4.21. The van der Waals surface area contributed by atoms with Crippen molar-refractivity contribution < 1.29 is 9.59 Å². The van der Waals surface area contributed by atoms with Crippen LogP contribution in [0.4, 0.5) is 0 Å². The zero-order valence-electron chi connectivity index (χ0n) is 10.5. The molecule has 5 nitrogen and oxygen atoms in total. The third-order valence-corrected chi connectivity index (χ3v) is 3.31. The lowest BCUT2D eigenvalue weighted by atomic mass is 10.2. The molecule has 0 aliphatic carbocycles. The minimum atomic E-state index is -0.553. The van der Waals surface area contributed by atoms with Gasteiger partial charge in [-0.1, -0.05) is 24.3 Å². The van der Waals surface area contributed by atoms with E-state index in [4.69, 9.17) is 5.84 Å². The van der Waals surface area contributed by atoms with Crippen LogP contribution >= 0.6 is 11.3 Å². The van der Waals surface area contributed by atoms with Gasteiger partial charge in [0, 0.05) is 10.4 Å². The predicted molar refractivity (Wildman–Crippen MR) is 78.5 cm³/mol. The lowest BCUT2D eigenvalue weighted by Crippen LogP contribution is -2.38. The fourth-order valence-corrected chi connectivity index (χ4v) is 2.19. The van der Waals surface area contributed by atoms with E-state index in [-0.39, 0.29) is 11.6 Å². The Hall–Kier alpha value is -2.44. The first kappa shape index (κ1) is 14.0. The zero-order chi connectivity index (χ0) is 14.4. The molecule has 0 radical (unpaired) electrons. The van der Waals surface area contributed by atoms with Crippen molar-refractivity contribution in [2.45, 2.75) is 0 Å². The number of carbonyl (C=O) groups excluding carboxylic acids is 2. The van der Waals surface area contributed by atoms with Crippen molar-refractivity contribution in [1.29, 1.82) is 0 Å². The number of amides is 2. The standard InChI is InChI=1S/C14H13N3O2S/c15-17-14(19)12(9-11-7-4-8-20-11)16-13(18)10-5-2-1-3-6-10/h1-9H,15H2,(H,16,18)(H,17,19). The van der Waals surface area contributed by atoms with Gasteiger partial charge in [0.1, 0.15) is 5.70 Å². The normalized spacial score (nSPS) is 10.9. The monoisotopic (exact) mass is 287 g/mol. The van der Waals surface area contributed by atoms with Crippen LogP contribution in [-0.4, -0.2) is 11.8 Å². The van der Waals surface area contributed by atoms with Crippen LogP contribution in [0.5, 0.6) is 0 Å². The van der Waals surface area contributed by atoms with Crippen LogP contribution in [-0.2, 0) is 4.79 Å². The Bertz CT molecular complexity index is 621. The van der Waals surface area contributed by atoms with Crippen LogP contribution in [0.2, 0.25) is 0 Å². The first-order chi connectivity index (χ1) is 9.70. The van der Waals surface area contributed by atoms with Crippen molar-refractivity contribution in [1.82, 2.24) is 10.7 Å². The van der Waals surface area contributed by atoms with Gasteiger partial charge < -0.3 is 5.32 Å². The molecule has 0 spiro atoms. The molecule has 0 bridgehead atoms. The topological polar surface area (TPSA) is 84.2 Å².